The van der Waals surface area contributed by atoms with Gasteiger partial charge in [-0.3, -0.25) is 4.68 Å². The molecule has 0 spiro atoms. The van der Waals surface area contributed by atoms with Crippen molar-refractivity contribution < 1.29 is 13.5 Å². The summed E-state index contributed by atoms with van der Waals surface area (Å²) in [6, 6.07) is 8.37. The van der Waals surface area contributed by atoms with Crippen molar-refractivity contribution in [3.05, 3.63) is 42.5 Å². The number of anilines is 1. The molecule has 1 aromatic carbocycles. The van der Waals surface area contributed by atoms with Gasteiger partial charge in [-0.2, -0.15) is 5.10 Å². The van der Waals surface area contributed by atoms with E-state index in [9.17, 15) is 8.78 Å². The van der Waals surface area contributed by atoms with Crippen molar-refractivity contribution in [1.82, 2.24) is 14.8 Å². The number of nitrogens with zero attached hydrogens (tertiary/aromatic N) is 3. The Balaban J connectivity index is 1.28. The molecule has 5 nitrogen and oxygen atoms in total. The summed E-state index contributed by atoms with van der Waals surface area (Å²) < 4.78 is 33.8. The van der Waals surface area contributed by atoms with E-state index in [1.165, 1.54) is 5.56 Å². The highest BCUT2D eigenvalue weighted by Gasteiger charge is 2.39. The molecule has 7 heteroatoms. The zero-order valence-corrected chi connectivity index (χ0v) is 15.4. The van der Waals surface area contributed by atoms with Gasteiger partial charge in [0.1, 0.15) is 12.7 Å². The van der Waals surface area contributed by atoms with Crippen LogP contribution < -0.4 is 5.32 Å². The predicted octanol–water partition coefficient (Wildman–Crippen LogP) is 3.77. The van der Waals surface area contributed by atoms with Crippen LogP contribution in [-0.2, 0) is 17.7 Å². The molecule has 1 saturated carbocycles. The van der Waals surface area contributed by atoms with Gasteiger partial charge in [-0.15, -0.1) is 0 Å². The number of halogens is 2. The molecule has 1 aliphatic heterocycles. The van der Waals surface area contributed by atoms with E-state index in [-0.39, 0.29) is 18.3 Å². The average molecular weight is 376 g/mol. The lowest BCUT2D eigenvalue weighted by molar-refractivity contribution is -0.114. The highest BCUT2D eigenvalue weighted by atomic mass is 19.3. The van der Waals surface area contributed by atoms with E-state index in [1.807, 2.05) is 4.68 Å². The van der Waals surface area contributed by atoms with Crippen LogP contribution in [0.5, 0.6) is 0 Å². The molecule has 0 radical (unpaired) electrons. The van der Waals surface area contributed by atoms with Gasteiger partial charge < -0.3 is 10.1 Å². The van der Waals surface area contributed by atoms with Crippen molar-refractivity contribution >= 4 is 5.69 Å². The predicted molar refractivity (Wildman–Crippen MR) is 98.8 cm³/mol. The molecule has 2 heterocycles. The summed E-state index contributed by atoms with van der Waals surface area (Å²) in [7, 11) is 0. The lowest BCUT2D eigenvalue weighted by Crippen LogP contribution is -2.50. The molecule has 0 bridgehead atoms. The van der Waals surface area contributed by atoms with Gasteiger partial charge in [-0.1, -0.05) is 12.1 Å². The smallest absolute Gasteiger partial charge is 0.248 e. The van der Waals surface area contributed by atoms with Crippen molar-refractivity contribution in [2.45, 2.75) is 44.6 Å². The van der Waals surface area contributed by atoms with E-state index < -0.39 is 5.92 Å². The molecule has 27 heavy (non-hydrogen) atoms. The quantitative estimate of drug-likeness (QED) is 0.799. The lowest BCUT2D eigenvalue weighted by Gasteiger charge is -2.41. The molecule has 2 aromatic rings. The first kappa shape index (κ1) is 18.3. The maximum absolute atomic E-state index is 13.3. The maximum Gasteiger partial charge on any atom is 0.248 e. The molecule has 1 N–H and O–H groups in total. The van der Waals surface area contributed by atoms with Gasteiger partial charge in [0.05, 0.1) is 25.2 Å². The Morgan fingerprint density at radius 2 is 1.89 bits per heavy atom. The SMILES string of the molecule is FC1(F)CCC(Cc2ccc(NCC3(Cn4cncn4)COC3)cc2)CC1. The summed E-state index contributed by atoms with van der Waals surface area (Å²) in [6.45, 7) is 3.02. The summed E-state index contributed by atoms with van der Waals surface area (Å²) in [5.74, 6) is -2.07. The molecule has 2 aliphatic rings. The third-order valence-corrected chi connectivity index (χ3v) is 5.76. The van der Waals surface area contributed by atoms with Crippen LogP contribution in [0, 0.1) is 11.3 Å². The summed E-state index contributed by atoms with van der Waals surface area (Å²) in [6.07, 6.45) is 5.49. The Morgan fingerprint density at radius 3 is 2.48 bits per heavy atom. The van der Waals surface area contributed by atoms with Gasteiger partial charge in [-0.05, 0) is 42.9 Å². The maximum atomic E-state index is 13.3. The largest absolute Gasteiger partial charge is 0.384 e. The minimum Gasteiger partial charge on any atom is -0.384 e. The molecule has 2 fully saturated rings. The Morgan fingerprint density at radius 1 is 1.15 bits per heavy atom. The first-order valence-electron chi connectivity index (χ1n) is 9.63. The lowest BCUT2D eigenvalue weighted by atomic mass is 9.83. The van der Waals surface area contributed by atoms with E-state index in [1.54, 1.807) is 12.7 Å². The van der Waals surface area contributed by atoms with E-state index in [0.717, 1.165) is 25.2 Å². The fourth-order valence-corrected chi connectivity index (χ4v) is 3.98. The van der Waals surface area contributed by atoms with Crippen LogP contribution in [0.3, 0.4) is 0 Å². The zero-order valence-electron chi connectivity index (χ0n) is 15.4. The second kappa shape index (κ2) is 7.54. The first-order chi connectivity index (χ1) is 13.0. The van der Waals surface area contributed by atoms with Crippen LogP contribution in [0.2, 0.25) is 0 Å². The van der Waals surface area contributed by atoms with E-state index in [0.29, 0.717) is 32.0 Å². The Kier molecular flexibility index (Phi) is 5.12. The summed E-state index contributed by atoms with van der Waals surface area (Å²) in [5.41, 5.74) is 2.33. The third kappa shape index (κ3) is 4.64. The number of aromatic nitrogens is 3. The number of benzene rings is 1. The highest BCUT2D eigenvalue weighted by Crippen LogP contribution is 2.37. The van der Waals surface area contributed by atoms with E-state index in [2.05, 4.69) is 39.7 Å². The molecule has 0 amide bonds. The second-order valence-corrected chi connectivity index (χ2v) is 8.14. The third-order valence-electron chi connectivity index (χ3n) is 5.76. The minimum absolute atomic E-state index is 0.0350. The number of nitrogens with one attached hydrogen (secondary N) is 1. The van der Waals surface area contributed by atoms with Crippen molar-refractivity contribution in [3.63, 3.8) is 0 Å². The number of hydrogen-bond acceptors (Lipinski definition) is 4. The fraction of sp³-hybridized carbons (Fsp3) is 0.600. The monoisotopic (exact) mass is 376 g/mol. The van der Waals surface area contributed by atoms with Crippen LogP contribution in [0.1, 0.15) is 31.2 Å². The number of rotatable bonds is 7. The number of ether oxygens (including phenoxy) is 1. The van der Waals surface area contributed by atoms with Crippen LogP contribution in [0.4, 0.5) is 14.5 Å². The van der Waals surface area contributed by atoms with Crippen molar-refractivity contribution in [1.29, 1.82) is 0 Å². The number of hydrogen-bond donors (Lipinski definition) is 1. The highest BCUT2D eigenvalue weighted by molar-refractivity contribution is 5.45. The van der Waals surface area contributed by atoms with Gasteiger partial charge in [0, 0.05) is 25.1 Å². The number of alkyl halides is 2. The Hall–Kier alpha value is -2.02. The molecule has 0 unspecified atom stereocenters. The van der Waals surface area contributed by atoms with Crippen molar-refractivity contribution in [2.75, 3.05) is 25.1 Å². The molecule has 0 atom stereocenters. The topological polar surface area (TPSA) is 52.0 Å². The van der Waals surface area contributed by atoms with Gasteiger partial charge in [-0.25, -0.2) is 13.8 Å². The van der Waals surface area contributed by atoms with Crippen molar-refractivity contribution in [2.24, 2.45) is 11.3 Å². The van der Waals surface area contributed by atoms with Gasteiger partial charge >= 0.3 is 0 Å². The Labute approximate surface area is 158 Å². The molecular formula is C20H26F2N4O. The molecule has 4 rings (SSSR count). The van der Waals surface area contributed by atoms with E-state index >= 15 is 0 Å². The van der Waals surface area contributed by atoms with Crippen LogP contribution >= 0.6 is 0 Å². The van der Waals surface area contributed by atoms with Crippen LogP contribution in [0.25, 0.3) is 0 Å². The van der Waals surface area contributed by atoms with Gasteiger partial charge in [0.2, 0.25) is 5.92 Å². The Bertz CT molecular complexity index is 719. The average Bonchev–Trinajstić information content (AvgIpc) is 3.13. The van der Waals surface area contributed by atoms with Gasteiger partial charge in [0.25, 0.3) is 0 Å². The zero-order chi connectivity index (χ0) is 18.7. The van der Waals surface area contributed by atoms with E-state index in [4.69, 9.17) is 4.74 Å². The normalized spacial score (nSPS) is 21.6. The molecular weight excluding hydrogens is 350 g/mol. The van der Waals surface area contributed by atoms with Gasteiger partial charge in [0.15, 0.2) is 0 Å². The molecule has 146 valence electrons. The summed E-state index contributed by atoms with van der Waals surface area (Å²) >= 11 is 0. The first-order valence-corrected chi connectivity index (χ1v) is 9.63. The minimum atomic E-state index is -2.45. The van der Waals surface area contributed by atoms with Crippen LogP contribution in [-0.4, -0.2) is 40.4 Å². The summed E-state index contributed by atoms with van der Waals surface area (Å²) in [5, 5.41) is 7.69. The second-order valence-electron chi connectivity index (χ2n) is 8.14. The standard InChI is InChI=1S/C20H26F2N4O/c21-20(22)7-5-17(6-8-20)9-16-1-3-18(4-2-16)24-10-19(12-27-13-19)11-26-15-23-14-25-26/h1-4,14-15,17,24H,5-13H2. The fourth-order valence-electron chi connectivity index (χ4n) is 3.98. The van der Waals surface area contributed by atoms with Crippen LogP contribution in [0.15, 0.2) is 36.9 Å². The molecule has 1 aromatic heterocycles. The molecule has 1 aliphatic carbocycles. The summed E-state index contributed by atoms with van der Waals surface area (Å²) in [4.78, 5) is 4.00. The molecule has 1 saturated heterocycles. The van der Waals surface area contributed by atoms with Crippen molar-refractivity contribution in [3.8, 4) is 0 Å².